The number of carbonyl (C=O) groups excluding carboxylic acids is 1. The van der Waals surface area contributed by atoms with E-state index in [-0.39, 0.29) is 25.9 Å². The molecule has 1 amide bonds. The van der Waals surface area contributed by atoms with Crippen LogP contribution in [0.15, 0.2) is 42.5 Å². The van der Waals surface area contributed by atoms with E-state index in [0.29, 0.717) is 47.1 Å². The fourth-order valence-electron chi connectivity index (χ4n) is 4.40. The Morgan fingerprint density at radius 2 is 1.74 bits per heavy atom. The fourth-order valence-corrected chi connectivity index (χ4v) is 5.96. The number of fused-ring (bicyclic) bond motifs is 2. The van der Waals surface area contributed by atoms with Crippen molar-refractivity contribution >= 4 is 35.8 Å². The van der Waals surface area contributed by atoms with Crippen molar-refractivity contribution in [2.45, 2.75) is 40.8 Å². The zero-order valence-corrected chi connectivity index (χ0v) is 22.7. The molecular weight excluding hydrogens is 509 g/mol. The Hall–Kier alpha value is -3.66. The Bertz CT molecular complexity index is 1520. The molecule has 0 spiro atoms. The Morgan fingerprint density at radius 3 is 2.39 bits per heavy atom. The number of rotatable bonds is 10. The average molecular weight is 540 g/mol. The lowest BCUT2D eigenvalue weighted by molar-refractivity contribution is 0.101. The van der Waals surface area contributed by atoms with Crippen LogP contribution >= 0.6 is 7.60 Å². The van der Waals surface area contributed by atoms with Gasteiger partial charge in [-0.2, -0.15) is 5.10 Å². The first-order valence-corrected chi connectivity index (χ1v) is 14.0. The number of nitrogens with one attached hydrogen (secondary N) is 1. The van der Waals surface area contributed by atoms with Gasteiger partial charge in [0.25, 0.3) is 5.91 Å². The van der Waals surface area contributed by atoms with Crippen molar-refractivity contribution in [2.24, 2.45) is 0 Å². The predicted octanol–water partition coefficient (Wildman–Crippen LogP) is 4.48. The van der Waals surface area contributed by atoms with Crippen molar-refractivity contribution < 1.29 is 27.9 Å². The zero-order valence-electron chi connectivity index (χ0n) is 21.8. The molecule has 1 aliphatic heterocycles. The van der Waals surface area contributed by atoms with E-state index < -0.39 is 7.60 Å². The second-order valence-electron chi connectivity index (χ2n) is 8.66. The van der Waals surface area contributed by atoms with Crippen molar-refractivity contribution in [1.82, 2.24) is 19.3 Å². The molecule has 5 rings (SSSR count). The summed E-state index contributed by atoms with van der Waals surface area (Å²) in [7, 11) is -3.39. The minimum Gasteiger partial charge on any atom is -0.454 e. The maximum absolute atomic E-state index is 13.2. The summed E-state index contributed by atoms with van der Waals surface area (Å²) in [5.41, 5.74) is 3.52. The normalized spacial score (nSPS) is 12.8. The van der Waals surface area contributed by atoms with Crippen LogP contribution < -0.4 is 20.1 Å². The number of benzene rings is 2. The number of anilines is 1. The second-order valence-corrected chi connectivity index (χ2v) is 10.7. The van der Waals surface area contributed by atoms with Crippen LogP contribution in [-0.2, 0) is 26.7 Å². The molecule has 0 fully saturated rings. The summed E-state index contributed by atoms with van der Waals surface area (Å²) >= 11 is 0. The SMILES string of the molecule is CCOP(=O)(OCC)c1ccc(Cn2c(NC(=O)c3cc(C)nn3CC)nc3cc4c(cc32)OCO4)cc1. The molecule has 38 heavy (non-hydrogen) atoms. The molecule has 200 valence electrons. The molecule has 0 bridgehead atoms. The minimum absolute atomic E-state index is 0.146. The Kier molecular flexibility index (Phi) is 7.25. The molecule has 12 heteroatoms. The topological polar surface area (TPSA) is 119 Å². The number of nitrogens with zero attached hydrogens (tertiary/aromatic N) is 4. The third-order valence-corrected chi connectivity index (χ3v) is 8.22. The van der Waals surface area contributed by atoms with E-state index in [2.05, 4.69) is 10.4 Å². The van der Waals surface area contributed by atoms with Crippen LogP contribution in [0.25, 0.3) is 11.0 Å². The van der Waals surface area contributed by atoms with E-state index in [1.165, 1.54) is 0 Å². The third kappa shape index (κ3) is 4.92. The number of carbonyl (C=O) groups is 1. The molecule has 0 aliphatic carbocycles. The molecule has 0 saturated heterocycles. The van der Waals surface area contributed by atoms with Crippen LogP contribution in [0, 0.1) is 6.92 Å². The van der Waals surface area contributed by atoms with Crippen molar-refractivity contribution in [1.29, 1.82) is 0 Å². The zero-order chi connectivity index (χ0) is 26.9. The molecule has 4 aromatic rings. The average Bonchev–Trinajstić information content (AvgIpc) is 3.60. The fraction of sp³-hybridized carbons (Fsp3) is 0.346. The van der Waals surface area contributed by atoms with Crippen LogP contribution in [0.4, 0.5) is 5.95 Å². The highest BCUT2D eigenvalue weighted by Crippen LogP contribution is 2.46. The van der Waals surface area contributed by atoms with E-state index in [0.717, 1.165) is 16.8 Å². The first-order valence-electron chi connectivity index (χ1n) is 12.5. The lowest BCUT2D eigenvalue weighted by atomic mass is 10.2. The number of aryl methyl sites for hydroxylation is 2. The summed E-state index contributed by atoms with van der Waals surface area (Å²) in [6.45, 7) is 8.97. The molecule has 3 heterocycles. The standard InChI is InChI=1S/C26H30N5O6P/c1-5-31-22(12-17(4)29-31)25(32)28-26-27-20-13-23-24(35-16-34-23)14-21(20)30(26)15-18-8-10-19(11-9-18)38(33,36-6-2)37-7-3/h8-14H,5-7,15-16H2,1-4H3,(H,27,28,32). The largest absolute Gasteiger partial charge is 0.454 e. The Labute approximate surface area is 220 Å². The summed E-state index contributed by atoms with van der Waals surface area (Å²) in [5, 5.41) is 7.81. The Balaban J connectivity index is 1.51. The van der Waals surface area contributed by atoms with Crippen LogP contribution in [0.3, 0.4) is 0 Å². The summed E-state index contributed by atoms with van der Waals surface area (Å²) in [5.74, 6) is 1.27. The predicted molar refractivity (Wildman–Crippen MR) is 142 cm³/mol. The first kappa shape index (κ1) is 26.0. The van der Waals surface area contributed by atoms with Gasteiger partial charge in [-0.1, -0.05) is 12.1 Å². The number of aromatic nitrogens is 4. The van der Waals surface area contributed by atoms with Gasteiger partial charge in [0.2, 0.25) is 12.7 Å². The lowest BCUT2D eigenvalue weighted by Gasteiger charge is -2.17. The van der Waals surface area contributed by atoms with Gasteiger partial charge in [-0.05, 0) is 51.5 Å². The van der Waals surface area contributed by atoms with Crippen LogP contribution in [0.1, 0.15) is 42.5 Å². The van der Waals surface area contributed by atoms with E-state index >= 15 is 0 Å². The molecule has 0 saturated carbocycles. The molecule has 1 aliphatic rings. The maximum Gasteiger partial charge on any atom is 0.361 e. The first-order chi connectivity index (χ1) is 18.3. The highest BCUT2D eigenvalue weighted by Gasteiger charge is 2.27. The van der Waals surface area contributed by atoms with Gasteiger partial charge in [0, 0.05) is 18.7 Å². The monoisotopic (exact) mass is 539 g/mol. The van der Waals surface area contributed by atoms with Gasteiger partial charge in [-0.25, -0.2) is 4.98 Å². The summed E-state index contributed by atoms with van der Waals surface area (Å²) in [6, 6.07) is 12.6. The number of hydrogen-bond donors (Lipinski definition) is 1. The van der Waals surface area contributed by atoms with Crippen LogP contribution in [-0.4, -0.2) is 45.2 Å². The van der Waals surface area contributed by atoms with Gasteiger partial charge in [0.1, 0.15) is 5.69 Å². The van der Waals surface area contributed by atoms with Crippen LogP contribution in [0.2, 0.25) is 0 Å². The molecule has 11 nitrogen and oxygen atoms in total. The lowest BCUT2D eigenvalue weighted by Crippen LogP contribution is -2.20. The highest BCUT2D eigenvalue weighted by atomic mass is 31.2. The van der Waals surface area contributed by atoms with Crippen molar-refractivity contribution in [3.63, 3.8) is 0 Å². The van der Waals surface area contributed by atoms with Gasteiger partial charge in [0.05, 0.1) is 41.8 Å². The second kappa shape index (κ2) is 10.6. The third-order valence-electron chi connectivity index (χ3n) is 6.09. The number of imidazole rings is 1. The summed E-state index contributed by atoms with van der Waals surface area (Å²) < 4.78 is 38.7. The van der Waals surface area contributed by atoms with E-state index in [1.54, 1.807) is 42.8 Å². The molecule has 2 aromatic heterocycles. The van der Waals surface area contributed by atoms with E-state index in [4.69, 9.17) is 23.5 Å². The summed E-state index contributed by atoms with van der Waals surface area (Å²) in [6.07, 6.45) is 0. The van der Waals surface area contributed by atoms with Crippen LogP contribution in [0.5, 0.6) is 11.5 Å². The molecule has 0 radical (unpaired) electrons. The van der Waals surface area contributed by atoms with Gasteiger partial charge in [-0.15, -0.1) is 0 Å². The van der Waals surface area contributed by atoms with Crippen molar-refractivity contribution in [3.05, 3.63) is 59.4 Å². The maximum atomic E-state index is 13.2. The van der Waals surface area contributed by atoms with E-state index in [1.807, 2.05) is 36.6 Å². The van der Waals surface area contributed by atoms with Crippen molar-refractivity contribution in [3.8, 4) is 11.5 Å². The minimum atomic E-state index is -3.39. The highest BCUT2D eigenvalue weighted by molar-refractivity contribution is 7.62. The van der Waals surface area contributed by atoms with Crippen molar-refractivity contribution in [2.75, 3.05) is 25.3 Å². The molecular formula is C26H30N5O6P. The number of amides is 1. The van der Waals surface area contributed by atoms with E-state index in [9.17, 15) is 9.36 Å². The smallest absolute Gasteiger partial charge is 0.361 e. The molecule has 1 N–H and O–H groups in total. The van der Waals surface area contributed by atoms with Gasteiger partial charge >= 0.3 is 7.60 Å². The van der Waals surface area contributed by atoms with Gasteiger partial charge in [-0.3, -0.25) is 19.4 Å². The number of ether oxygens (including phenoxy) is 2. The number of hydrogen-bond acceptors (Lipinski definition) is 8. The molecule has 0 unspecified atom stereocenters. The van der Waals surface area contributed by atoms with Gasteiger partial charge < -0.3 is 23.1 Å². The van der Waals surface area contributed by atoms with Gasteiger partial charge in [0.15, 0.2) is 11.5 Å². The molecule has 0 atom stereocenters. The quantitative estimate of drug-likeness (QED) is 0.293. The summed E-state index contributed by atoms with van der Waals surface area (Å²) in [4.78, 5) is 17.9. The Morgan fingerprint density at radius 1 is 1.05 bits per heavy atom. The molecule has 2 aromatic carbocycles.